The zero-order valence-electron chi connectivity index (χ0n) is 11.7. The molecule has 0 aliphatic heterocycles. The van der Waals surface area contributed by atoms with Crippen molar-refractivity contribution in [1.29, 1.82) is 0 Å². The van der Waals surface area contributed by atoms with Crippen molar-refractivity contribution >= 4 is 11.4 Å². The van der Waals surface area contributed by atoms with Crippen LogP contribution in [0.3, 0.4) is 0 Å². The Kier molecular flexibility index (Phi) is 3.51. The maximum Gasteiger partial charge on any atom is 0.167 e. The number of hydrogen-bond acceptors (Lipinski definition) is 1. The third-order valence-electron chi connectivity index (χ3n) is 3.90. The Morgan fingerprint density at radius 3 is 2.25 bits per heavy atom. The Morgan fingerprint density at radius 2 is 1.60 bits per heavy atom. The van der Waals surface area contributed by atoms with Crippen molar-refractivity contribution in [3.05, 3.63) is 76.9 Å². The molecule has 1 nitrogen and oxygen atoms in total. The van der Waals surface area contributed by atoms with E-state index in [4.69, 9.17) is 0 Å². The van der Waals surface area contributed by atoms with Crippen LogP contribution in [-0.2, 0) is 11.2 Å². The molecular weight excluding hydrogens is 244 g/mol. The van der Waals surface area contributed by atoms with Crippen molar-refractivity contribution in [3.63, 3.8) is 0 Å². The molecule has 1 heteroatoms. The molecule has 20 heavy (non-hydrogen) atoms. The van der Waals surface area contributed by atoms with Crippen molar-refractivity contribution in [1.82, 2.24) is 0 Å². The van der Waals surface area contributed by atoms with Gasteiger partial charge < -0.3 is 0 Å². The summed E-state index contributed by atoms with van der Waals surface area (Å²) in [5.74, 6) is 0.289. The van der Waals surface area contributed by atoms with E-state index in [0.29, 0.717) is 6.42 Å². The molecular formula is C19H18O. The predicted octanol–water partition coefficient (Wildman–Crippen LogP) is 4.35. The number of Topliss-reactive ketones (excluding diaryl/α,β-unsaturated/α-hetero) is 1. The van der Waals surface area contributed by atoms with Gasteiger partial charge in [0.1, 0.15) is 0 Å². The van der Waals surface area contributed by atoms with Gasteiger partial charge >= 0.3 is 0 Å². The van der Waals surface area contributed by atoms with E-state index in [0.717, 1.165) is 24.0 Å². The Balaban J connectivity index is 1.78. The fourth-order valence-corrected chi connectivity index (χ4v) is 2.70. The number of hydrogen-bond donors (Lipinski definition) is 0. The first-order chi connectivity index (χ1) is 9.74. The number of ketones is 1. The summed E-state index contributed by atoms with van der Waals surface area (Å²) >= 11 is 0. The number of benzene rings is 2. The van der Waals surface area contributed by atoms with Crippen LogP contribution in [0.2, 0.25) is 0 Å². The minimum atomic E-state index is 0.289. The average molecular weight is 262 g/mol. The van der Waals surface area contributed by atoms with Gasteiger partial charge in [0, 0.05) is 12.0 Å². The van der Waals surface area contributed by atoms with Gasteiger partial charge in [0.05, 0.1) is 0 Å². The Hall–Kier alpha value is -2.15. The van der Waals surface area contributed by atoms with Crippen molar-refractivity contribution in [2.24, 2.45) is 0 Å². The lowest BCUT2D eigenvalue weighted by Crippen LogP contribution is -2.17. The summed E-state index contributed by atoms with van der Waals surface area (Å²) in [6.07, 6.45) is 2.63. The highest BCUT2D eigenvalue weighted by atomic mass is 16.1. The third kappa shape index (κ3) is 2.57. The summed E-state index contributed by atoms with van der Waals surface area (Å²) < 4.78 is 0. The number of carbonyl (C=O) groups is 1. The fourth-order valence-electron chi connectivity index (χ4n) is 2.70. The van der Waals surface area contributed by atoms with Gasteiger partial charge in [-0.05, 0) is 30.9 Å². The molecule has 0 saturated heterocycles. The number of rotatable bonds is 4. The quantitative estimate of drug-likeness (QED) is 0.800. The molecule has 1 aliphatic rings. The molecule has 1 aliphatic carbocycles. The van der Waals surface area contributed by atoms with Gasteiger partial charge in [-0.1, -0.05) is 65.7 Å². The van der Waals surface area contributed by atoms with Crippen LogP contribution >= 0.6 is 0 Å². The maximum absolute atomic E-state index is 11.9. The highest BCUT2D eigenvalue weighted by Gasteiger charge is 2.27. The summed E-state index contributed by atoms with van der Waals surface area (Å²) in [6.45, 7) is 2.07. The highest BCUT2D eigenvalue weighted by Crippen LogP contribution is 2.35. The first-order valence-electron chi connectivity index (χ1n) is 7.10. The van der Waals surface area contributed by atoms with Crippen molar-refractivity contribution in [2.75, 3.05) is 0 Å². The number of carbonyl (C=O) groups excluding carboxylic acids is 1. The second kappa shape index (κ2) is 5.46. The number of allylic oxidation sites excluding steroid dienone is 2. The van der Waals surface area contributed by atoms with Crippen LogP contribution in [0.15, 0.2) is 60.2 Å². The summed E-state index contributed by atoms with van der Waals surface area (Å²) in [7, 11) is 0. The lowest BCUT2D eigenvalue weighted by atomic mass is 9.79. The molecule has 0 saturated carbocycles. The zero-order valence-corrected chi connectivity index (χ0v) is 11.7. The van der Waals surface area contributed by atoms with Crippen LogP contribution in [0.4, 0.5) is 0 Å². The second-order valence-electron chi connectivity index (χ2n) is 5.43. The third-order valence-corrected chi connectivity index (χ3v) is 3.90. The van der Waals surface area contributed by atoms with Crippen LogP contribution < -0.4 is 0 Å². The van der Waals surface area contributed by atoms with Gasteiger partial charge in [-0.2, -0.15) is 0 Å². The molecule has 0 unspecified atom stereocenters. The van der Waals surface area contributed by atoms with E-state index < -0.39 is 0 Å². The van der Waals surface area contributed by atoms with Crippen molar-refractivity contribution in [2.45, 2.75) is 26.2 Å². The monoisotopic (exact) mass is 262 g/mol. The molecule has 0 radical (unpaired) electrons. The SMILES string of the molecule is Cc1ccc(C2=C(CCc3ccccc3)CC2=O)cc1. The zero-order chi connectivity index (χ0) is 13.9. The largest absolute Gasteiger partial charge is 0.294 e. The summed E-state index contributed by atoms with van der Waals surface area (Å²) in [5.41, 5.74) is 5.91. The minimum absolute atomic E-state index is 0.289. The lowest BCUT2D eigenvalue weighted by molar-refractivity contribution is -0.114. The molecule has 0 atom stereocenters. The molecule has 3 rings (SSSR count). The molecule has 2 aromatic carbocycles. The molecule has 0 spiro atoms. The van der Waals surface area contributed by atoms with Crippen LogP contribution in [0.1, 0.15) is 29.5 Å². The predicted molar refractivity (Wildman–Crippen MR) is 82.5 cm³/mol. The van der Waals surface area contributed by atoms with E-state index >= 15 is 0 Å². The number of aryl methyl sites for hydroxylation is 2. The van der Waals surface area contributed by atoms with E-state index in [1.165, 1.54) is 16.7 Å². The molecule has 0 N–H and O–H groups in total. The van der Waals surface area contributed by atoms with Crippen LogP contribution in [-0.4, -0.2) is 5.78 Å². The van der Waals surface area contributed by atoms with Gasteiger partial charge in [-0.3, -0.25) is 4.79 Å². The minimum Gasteiger partial charge on any atom is -0.294 e. The molecule has 0 bridgehead atoms. The standard InChI is InChI=1S/C19H18O/c1-14-7-10-16(11-8-14)19-17(13-18(19)20)12-9-15-5-3-2-4-6-15/h2-8,10-11H,9,12-13H2,1H3. The van der Waals surface area contributed by atoms with Gasteiger partial charge in [-0.25, -0.2) is 0 Å². The topological polar surface area (TPSA) is 17.1 Å². The molecule has 0 amide bonds. The van der Waals surface area contributed by atoms with Gasteiger partial charge in [0.15, 0.2) is 5.78 Å². The normalized spacial score (nSPS) is 14.3. The van der Waals surface area contributed by atoms with E-state index in [1.54, 1.807) is 0 Å². The van der Waals surface area contributed by atoms with Gasteiger partial charge in [0.2, 0.25) is 0 Å². The van der Waals surface area contributed by atoms with Gasteiger partial charge in [0.25, 0.3) is 0 Å². The van der Waals surface area contributed by atoms with Crippen LogP contribution in [0.5, 0.6) is 0 Å². The highest BCUT2D eigenvalue weighted by molar-refractivity contribution is 6.28. The van der Waals surface area contributed by atoms with Crippen LogP contribution in [0, 0.1) is 6.92 Å². The van der Waals surface area contributed by atoms with E-state index in [1.807, 2.05) is 6.07 Å². The molecule has 100 valence electrons. The first-order valence-corrected chi connectivity index (χ1v) is 7.10. The smallest absolute Gasteiger partial charge is 0.167 e. The average Bonchev–Trinajstić information content (AvgIpc) is 2.46. The van der Waals surface area contributed by atoms with Crippen molar-refractivity contribution in [3.8, 4) is 0 Å². The summed E-state index contributed by atoms with van der Waals surface area (Å²) in [4.78, 5) is 11.9. The second-order valence-corrected chi connectivity index (χ2v) is 5.43. The Morgan fingerprint density at radius 1 is 0.900 bits per heavy atom. The summed E-state index contributed by atoms with van der Waals surface area (Å²) in [6, 6.07) is 18.7. The molecule has 0 heterocycles. The van der Waals surface area contributed by atoms with E-state index in [2.05, 4.69) is 55.5 Å². The van der Waals surface area contributed by atoms with E-state index in [9.17, 15) is 4.79 Å². The first kappa shape index (κ1) is 12.9. The maximum atomic E-state index is 11.9. The summed E-state index contributed by atoms with van der Waals surface area (Å²) in [5, 5.41) is 0. The Labute approximate surface area is 120 Å². The van der Waals surface area contributed by atoms with Gasteiger partial charge in [-0.15, -0.1) is 0 Å². The van der Waals surface area contributed by atoms with E-state index in [-0.39, 0.29) is 5.78 Å². The van der Waals surface area contributed by atoms with Crippen molar-refractivity contribution < 1.29 is 4.79 Å². The molecule has 0 aromatic heterocycles. The molecule has 2 aromatic rings. The Bertz CT molecular complexity index is 648. The van der Waals surface area contributed by atoms with Crippen LogP contribution in [0.25, 0.3) is 5.57 Å². The molecule has 0 fully saturated rings. The lowest BCUT2D eigenvalue weighted by Gasteiger charge is -2.23. The fraction of sp³-hybridized carbons (Fsp3) is 0.211.